The Morgan fingerprint density at radius 1 is 1.00 bits per heavy atom. The van der Waals surface area contributed by atoms with Crippen molar-refractivity contribution in [1.82, 2.24) is 9.78 Å². The fraction of sp³-hybridized carbons (Fsp3) is 0.273. The van der Waals surface area contributed by atoms with E-state index in [1.807, 2.05) is 30.3 Å². The highest BCUT2D eigenvalue weighted by molar-refractivity contribution is 9.10. The molecule has 0 aliphatic heterocycles. The Morgan fingerprint density at radius 2 is 1.77 bits per heavy atom. The van der Waals surface area contributed by atoms with Gasteiger partial charge in [0.25, 0.3) is 0 Å². The summed E-state index contributed by atoms with van der Waals surface area (Å²) in [5.41, 5.74) is 1.94. The summed E-state index contributed by atoms with van der Waals surface area (Å²) in [5.74, 6) is 2.21. The number of amides is 1. The number of aryl methyl sites for hydroxylation is 1. The predicted octanol–water partition coefficient (Wildman–Crippen LogP) is 4.29. The molecule has 0 radical (unpaired) electrons. The van der Waals surface area contributed by atoms with Crippen molar-refractivity contribution in [3.05, 3.63) is 64.3 Å². The molecule has 0 spiro atoms. The van der Waals surface area contributed by atoms with Gasteiger partial charge in [0.15, 0.2) is 11.5 Å². The summed E-state index contributed by atoms with van der Waals surface area (Å²) in [7, 11) is 4.70. The summed E-state index contributed by atoms with van der Waals surface area (Å²) in [6.45, 7) is 0.549. The topological polar surface area (TPSA) is 74.6 Å². The van der Waals surface area contributed by atoms with Crippen molar-refractivity contribution < 1.29 is 19.0 Å². The van der Waals surface area contributed by atoms with Gasteiger partial charge in [-0.05, 0) is 29.7 Å². The van der Waals surface area contributed by atoms with E-state index in [1.165, 1.54) is 0 Å². The number of hydrogen-bond acceptors (Lipinski definition) is 5. The maximum atomic E-state index is 12.6. The minimum absolute atomic E-state index is 0.110. The quantitative estimate of drug-likeness (QED) is 0.501. The van der Waals surface area contributed by atoms with Gasteiger partial charge in [-0.2, -0.15) is 5.10 Å². The van der Waals surface area contributed by atoms with Gasteiger partial charge in [-0.25, -0.2) is 4.68 Å². The van der Waals surface area contributed by atoms with E-state index in [0.717, 1.165) is 15.6 Å². The molecule has 1 aromatic heterocycles. The number of carbonyl (C=O) groups excluding carboxylic acids is 1. The third kappa shape index (κ3) is 4.94. The smallest absolute Gasteiger partial charge is 0.225 e. The Bertz CT molecular complexity index is 1020. The zero-order valence-corrected chi connectivity index (χ0v) is 18.7. The van der Waals surface area contributed by atoms with Gasteiger partial charge in [-0.3, -0.25) is 4.79 Å². The average Bonchev–Trinajstić information content (AvgIpc) is 3.19. The monoisotopic (exact) mass is 473 g/mol. The van der Waals surface area contributed by atoms with E-state index >= 15 is 0 Å². The zero-order chi connectivity index (χ0) is 21.5. The van der Waals surface area contributed by atoms with Crippen LogP contribution < -0.4 is 19.5 Å². The second kappa shape index (κ2) is 10.2. The number of ether oxygens (including phenoxy) is 3. The Morgan fingerprint density at radius 3 is 2.47 bits per heavy atom. The molecule has 0 saturated heterocycles. The Hall–Kier alpha value is -3.00. The molecule has 0 aliphatic carbocycles. The maximum absolute atomic E-state index is 12.6. The van der Waals surface area contributed by atoms with Crippen LogP contribution in [0.15, 0.2) is 53.1 Å². The molecule has 8 heteroatoms. The van der Waals surface area contributed by atoms with Gasteiger partial charge >= 0.3 is 0 Å². The van der Waals surface area contributed by atoms with Gasteiger partial charge in [0.1, 0.15) is 5.82 Å². The first-order valence-electron chi connectivity index (χ1n) is 9.40. The maximum Gasteiger partial charge on any atom is 0.225 e. The first-order chi connectivity index (χ1) is 14.6. The summed E-state index contributed by atoms with van der Waals surface area (Å²) >= 11 is 3.54. The molecular formula is C22H24BrN3O4. The lowest BCUT2D eigenvalue weighted by atomic mass is 10.1. The molecule has 3 aromatic rings. The lowest BCUT2D eigenvalue weighted by Gasteiger charge is -2.15. The van der Waals surface area contributed by atoms with Crippen LogP contribution in [-0.4, -0.2) is 37.0 Å². The number of methoxy groups -OCH3 is 3. The molecule has 2 aromatic carbocycles. The normalized spacial score (nSPS) is 10.5. The van der Waals surface area contributed by atoms with Crippen LogP contribution in [0.1, 0.15) is 17.5 Å². The Balaban J connectivity index is 1.67. The number of benzene rings is 2. The summed E-state index contributed by atoms with van der Waals surface area (Å²) in [4.78, 5) is 12.6. The fourth-order valence-corrected chi connectivity index (χ4v) is 3.58. The van der Waals surface area contributed by atoms with E-state index in [1.54, 1.807) is 44.3 Å². The van der Waals surface area contributed by atoms with Crippen molar-refractivity contribution in [2.24, 2.45) is 0 Å². The minimum Gasteiger partial charge on any atom is -0.493 e. The number of halogens is 1. The third-order valence-corrected chi connectivity index (χ3v) is 5.44. The van der Waals surface area contributed by atoms with Gasteiger partial charge in [-0.1, -0.05) is 40.2 Å². The highest BCUT2D eigenvalue weighted by atomic mass is 79.9. The largest absolute Gasteiger partial charge is 0.493 e. The molecule has 0 saturated carbocycles. The minimum atomic E-state index is -0.110. The van der Waals surface area contributed by atoms with E-state index in [4.69, 9.17) is 14.2 Å². The molecule has 0 fully saturated rings. The summed E-state index contributed by atoms with van der Waals surface area (Å²) in [5, 5.41) is 7.26. The summed E-state index contributed by atoms with van der Waals surface area (Å²) in [6, 6.07) is 13.4. The number of nitrogens with one attached hydrogen (secondary N) is 1. The van der Waals surface area contributed by atoms with Crippen molar-refractivity contribution in [3.63, 3.8) is 0 Å². The average molecular weight is 474 g/mol. The highest BCUT2D eigenvalue weighted by Gasteiger charge is 2.17. The molecular weight excluding hydrogens is 450 g/mol. The Kier molecular flexibility index (Phi) is 7.35. The summed E-state index contributed by atoms with van der Waals surface area (Å²) in [6.07, 6.45) is 2.45. The van der Waals surface area contributed by atoms with Gasteiger partial charge in [-0.15, -0.1) is 0 Å². The van der Waals surface area contributed by atoms with Crippen molar-refractivity contribution >= 4 is 27.7 Å². The number of hydrogen-bond donors (Lipinski definition) is 1. The van der Waals surface area contributed by atoms with Crippen molar-refractivity contribution in [3.8, 4) is 17.2 Å². The molecule has 158 valence electrons. The lowest BCUT2D eigenvalue weighted by Crippen LogP contribution is -2.16. The van der Waals surface area contributed by atoms with Crippen LogP contribution in [0.2, 0.25) is 0 Å². The predicted molar refractivity (Wildman–Crippen MR) is 119 cm³/mol. The fourth-order valence-electron chi connectivity index (χ4n) is 3.17. The molecule has 1 N–H and O–H groups in total. The second-order valence-corrected chi connectivity index (χ2v) is 7.36. The molecule has 0 aliphatic rings. The van der Waals surface area contributed by atoms with Gasteiger partial charge < -0.3 is 19.5 Å². The van der Waals surface area contributed by atoms with E-state index in [9.17, 15) is 4.79 Å². The second-order valence-electron chi connectivity index (χ2n) is 6.51. The van der Waals surface area contributed by atoms with Crippen LogP contribution in [0, 0.1) is 0 Å². The number of aromatic nitrogens is 2. The van der Waals surface area contributed by atoms with Crippen LogP contribution in [0.4, 0.5) is 5.82 Å². The van der Waals surface area contributed by atoms with Crippen LogP contribution in [-0.2, 0) is 17.8 Å². The van der Waals surface area contributed by atoms with Crippen molar-refractivity contribution in [1.29, 1.82) is 0 Å². The SMILES string of the molecule is COc1ccc(CCC(=O)Nc2ccnn2Cc2ccccc2Br)c(OC)c1OC. The van der Waals surface area contributed by atoms with Crippen LogP contribution in [0.3, 0.4) is 0 Å². The van der Waals surface area contributed by atoms with Gasteiger partial charge in [0.05, 0.1) is 34.1 Å². The molecule has 0 atom stereocenters. The van der Waals surface area contributed by atoms with E-state index in [0.29, 0.717) is 36.0 Å². The van der Waals surface area contributed by atoms with Gasteiger partial charge in [0, 0.05) is 17.0 Å². The standard InChI is InChI=1S/C22H24BrN3O4/c1-28-18-10-8-15(21(29-2)22(18)30-3)9-11-20(27)25-19-12-13-24-26(19)14-16-6-4-5-7-17(16)23/h4-8,10,12-13H,9,11,14H2,1-3H3,(H,25,27). The van der Waals surface area contributed by atoms with Crippen LogP contribution >= 0.6 is 15.9 Å². The van der Waals surface area contributed by atoms with E-state index in [2.05, 4.69) is 26.3 Å². The molecule has 7 nitrogen and oxygen atoms in total. The Labute approximate surface area is 184 Å². The molecule has 0 bridgehead atoms. The first kappa shape index (κ1) is 21.7. The molecule has 1 amide bonds. The zero-order valence-electron chi connectivity index (χ0n) is 17.1. The number of nitrogens with zero attached hydrogens (tertiary/aromatic N) is 2. The van der Waals surface area contributed by atoms with Gasteiger partial charge in [0.2, 0.25) is 11.7 Å². The third-order valence-electron chi connectivity index (χ3n) is 4.67. The van der Waals surface area contributed by atoms with E-state index in [-0.39, 0.29) is 12.3 Å². The molecule has 0 unspecified atom stereocenters. The highest BCUT2D eigenvalue weighted by Crippen LogP contribution is 2.40. The number of carbonyl (C=O) groups is 1. The van der Waals surface area contributed by atoms with Crippen molar-refractivity contribution in [2.75, 3.05) is 26.6 Å². The van der Waals surface area contributed by atoms with E-state index < -0.39 is 0 Å². The van der Waals surface area contributed by atoms with Crippen LogP contribution in [0.25, 0.3) is 0 Å². The molecule has 3 rings (SSSR count). The summed E-state index contributed by atoms with van der Waals surface area (Å²) < 4.78 is 19.0. The van der Waals surface area contributed by atoms with Crippen molar-refractivity contribution in [2.45, 2.75) is 19.4 Å². The number of rotatable bonds is 9. The van der Waals surface area contributed by atoms with Crippen LogP contribution in [0.5, 0.6) is 17.2 Å². The number of anilines is 1. The molecule has 30 heavy (non-hydrogen) atoms. The molecule has 1 heterocycles. The lowest BCUT2D eigenvalue weighted by molar-refractivity contribution is -0.116. The first-order valence-corrected chi connectivity index (χ1v) is 10.2.